The van der Waals surface area contributed by atoms with Crippen LogP contribution in [-0.2, 0) is 9.68 Å². The van der Waals surface area contributed by atoms with Crippen molar-refractivity contribution in [2.45, 2.75) is 83.7 Å². The van der Waals surface area contributed by atoms with Gasteiger partial charge in [0.2, 0.25) is 0 Å². The molecule has 0 amide bonds. The van der Waals surface area contributed by atoms with Crippen LogP contribution in [0.25, 0.3) is 0 Å². The van der Waals surface area contributed by atoms with Gasteiger partial charge in [0.25, 0.3) is 0 Å². The maximum absolute atomic E-state index is 10.2. The molecule has 1 unspecified atom stereocenters. The summed E-state index contributed by atoms with van der Waals surface area (Å²) >= 11 is 0. The molecule has 0 aromatic carbocycles. The molecule has 0 fully saturated rings. The SMILES string of the molecule is CCCCC/C=C\CC(/C=C/C=C\CCCCCCC(=O)[O-])OO. The molecule has 0 aromatic rings. The fourth-order valence-electron chi connectivity index (χ4n) is 2.27. The first kappa shape index (κ1) is 22.6. The van der Waals surface area contributed by atoms with Gasteiger partial charge >= 0.3 is 0 Å². The number of hydrogen-bond acceptors (Lipinski definition) is 4. The Hall–Kier alpha value is -1.39. The lowest BCUT2D eigenvalue weighted by molar-refractivity contribution is -0.305. The van der Waals surface area contributed by atoms with Gasteiger partial charge < -0.3 is 9.90 Å². The summed E-state index contributed by atoms with van der Waals surface area (Å²) < 4.78 is 0. The number of carboxylic acid groups (broad SMARTS) is 1. The highest BCUT2D eigenvalue weighted by molar-refractivity contribution is 5.64. The Balaban J connectivity index is 3.67. The van der Waals surface area contributed by atoms with E-state index >= 15 is 0 Å². The van der Waals surface area contributed by atoms with Crippen molar-refractivity contribution in [2.75, 3.05) is 0 Å². The molecule has 0 rings (SSSR count). The molecule has 1 atom stereocenters. The standard InChI is InChI=1S/C20H34O4/c1-2-3-4-5-10-13-16-19(24-23)17-14-11-8-6-7-9-12-15-18-20(21)22/h8,10-11,13-14,17,19,23H,2-7,9,12,15-16,18H2,1H3,(H,21,22)/p-1/b11-8-,13-10-,17-14+. The van der Waals surface area contributed by atoms with E-state index in [0.717, 1.165) is 32.1 Å². The Morgan fingerprint density at radius 3 is 2.42 bits per heavy atom. The summed E-state index contributed by atoms with van der Waals surface area (Å²) in [6.45, 7) is 2.19. The summed E-state index contributed by atoms with van der Waals surface area (Å²) in [6, 6.07) is 0. The molecule has 0 aliphatic carbocycles. The van der Waals surface area contributed by atoms with Crippen LogP contribution in [0, 0.1) is 0 Å². The number of carboxylic acids is 1. The second-order valence-corrected chi connectivity index (χ2v) is 5.98. The van der Waals surface area contributed by atoms with Gasteiger partial charge in [0.15, 0.2) is 0 Å². The van der Waals surface area contributed by atoms with Crippen molar-refractivity contribution in [3.05, 3.63) is 36.5 Å². The third-order valence-corrected chi connectivity index (χ3v) is 3.72. The van der Waals surface area contributed by atoms with Gasteiger partial charge in [-0.15, -0.1) is 0 Å². The van der Waals surface area contributed by atoms with Gasteiger partial charge in [-0.05, 0) is 44.9 Å². The number of carbonyl (C=O) groups is 1. The van der Waals surface area contributed by atoms with E-state index in [1.54, 1.807) is 0 Å². The highest BCUT2D eigenvalue weighted by atomic mass is 17.1. The van der Waals surface area contributed by atoms with Crippen LogP contribution < -0.4 is 5.11 Å². The number of allylic oxidation sites excluding steroid dienone is 4. The van der Waals surface area contributed by atoms with Crippen molar-refractivity contribution in [3.8, 4) is 0 Å². The van der Waals surface area contributed by atoms with E-state index in [1.165, 1.54) is 19.3 Å². The normalized spacial score (nSPS) is 13.4. The van der Waals surface area contributed by atoms with Crippen LogP contribution in [0.1, 0.15) is 77.6 Å². The third kappa shape index (κ3) is 17.0. The van der Waals surface area contributed by atoms with Crippen molar-refractivity contribution in [1.82, 2.24) is 0 Å². The Morgan fingerprint density at radius 2 is 1.71 bits per heavy atom. The number of rotatable bonds is 16. The van der Waals surface area contributed by atoms with E-state index in [1.807, 2.05) is 18.2 Å². The fraction of sp³-hybridized carbons (Fsp3) is 0.650. The van der Waals surface area contributed by atoms with E-state index < -0.39 is 5.97 Å². The highest BCUT2D eigenvalue weighted by Crippen LogP contribution is 2.06. The molecule has 0 bridgehead atoms. The molecule has 0 spiro atoms. The van der Waals surface area contributed by atoms with Gasteiger partial charge in [-0.1, -0.05) is 69.1 Å². The summed E-state index contributed by atoms with van der Waals surface area (Å²) in [5.74, 6) is -0.962. The third-order valence-electron chi connectivity index (χ3n) is 3.72. The van der Waals surface area contributed by atoms with Crippen LogP contribution >= 0.6 is 0 Å². The number of aliphatic carboxylic acids is 1. The van der Waals surface area contributed by atoms with Crippen LogP contribution in [0.4, 0.5) is 0 Å². The first-order chi connectivity index (χ1) is 11.7. The largest absolute Gasteiger partial charge is 0.550 e. The van der Waals surface area contributed by atoms with Crippen LogP contribution in [0.3, 0.4) is 0 Å². The zero-order chi connectivity index (χ0) is 17.9. The molecular weight excluding hydrogens is 304 g/mol. The monoisotopic (exact) mass is 337 g/mol. The molecule has 0 heterocycles. The molecule has 1 N–H and O–H groups in total. The van der Waals surface area contributed by atoms with Crippen molar-refractivity contribution in [2.24, 2.45) is 0 Å². The van der Waals surface area contributed by atoms with Gasteiger partial charge in [0.05, 0.1) is 0 Å². The van der Waals surface area contributed by atoms with Gasteiger partial charge in [-0.25, -0.2) is 4.89 Å². The minimum absolute atomic E-state index is 0.161. The van der Waals surface area contributed by atoms with Crippen LogP contribution in [0.2, 0.25) is 0 Å². The van der Waals surface area contributed by atoms with E-state index in [4.69, 9.17) is 5.26 Å². The molecule has 24 heavy (non-hydrogen) atoms. The smallest absolute Gasteiger partial charge is 0.115 e. The van der Waals surface area contributed by atoms with E-state index in [-0.39, 0.29) is 12.5 Å². The van der Waals surface area contributed by atoms with E-state index in [0.29, 0.717) is 12.8 Å². The number of hydrogen-bond donors (Lipinski definition) is 1. The molecule has 0 saturated heterocycles. The lowest BCUT2D eigenvalue weighted by Gasteiger charge is -2.04. The molecule has 0 radical (unpaired) electrons. The molecule has 138 valence electrons. The average Bonchev–Trinajstić information content (AvgIpc) is 2.57. The zero-order valence-electron chi connectivity index (χ0n) is 15.0. The lowest BCUT2D eigenvalue weighted by Crippen LogP contribution is -2.21. The van der Waals surface area contributed by atoms with E-state index in [2.05, 4.69) is 30.0 Å². The Kier molecular flexibility index (Phi) is 16.9. The maximum atomic E-state index is 10.2. The minimum atomic E-state index is -0.962. The lowest BCUT2D eigenvalue weighted by atomic mass is 10.1. The molecule has 4 heteroatoms. The van der Waals surface area contributed by atoms with Crippen molar-refractivity contribution in [1.29, 1.82) is 0 Å². The summed E-state index contributed by atoms with van der Waals surface area (Å²) in [4.78, 5) is 14.7. The molecular formula is C20H33O4-. The summed E-state index contributed by atoms with van der Waals surface area (Å²) in [5, 5.41) is 19.1. The first-order valence-corrected chi connectivity index (χ1v) is 9.19. The number of unbranched alkanes of at least 4 members (excludes halogenated alkanes) is 7. The van der Waals surface area contributed by atoms with Crippen LogP contribution in [-0.4, -0.2) is 17.3 Å². The summed E-state index contributed by atoms with van der Waals surface area (Å²) in [7, 11) is 0. The zero-order valence-corrected chi connectivity index (χ0v) is 15.0. The van der Waals surface area contributed by atoms with Gasteiger partial charge in [0, 0.05) is 5.97 Å². The van der Waals surface area contributed by atoms with Crippen LogP contribution in [0.15, 0.2) is 36.5 Å². The topological polar surface area (TPSA) is 69.6 Å². The second-order valence-electron chi connectivity index (χ2n) is 5.98. The Morgan fingerprint density at radius 1 is 1.00 bits per heavy atom. The number of carbonyl (C=O) groups excluding carboxylic acids is 1. The Labute approximate surface area is 146 Å². The van der Waals surface area contributed by atoms with E-state index in [9.17, 15) is 9.90 Å². The van der Waals surface area contributed by atoms with Gasteiger partial charge in [0.1, 0.15) is 6.10 Å². The highest BCUT2D eigenvalue weighted by Gasteiger charge is 1.99. The predicted octanol–water partition coefficient (Wildman–Crippen LogP) is 4.57. The van der Waals surface area contributed by atoms with Gasteiger partial charge in [-0.3, -0.25) is 5.26 Å². The molecule has 0 aliphatic heterocycles. The van der Waals surface area contributed by atoms with Gasteiger partial charge in [-0.2, -0.15) is 0 Å². The summed E-state index contributed by atoms with van der Waals surface area (Å²) in [6.07, 6.45) is 22.0. The fourth-order valence-corrected chi connectivity index (χ4v) is 2.27. The average molecular weight is 337 g/mol. The second kappa shape index (κ2) is 18.0. The van der Waals surface area contributed by atoms with Crippen molar-refractivity contribution < 1.29 is 20.0 Å². The molecule has 0 aromatic heterocycles. The molecule has 0 saturated carbocycles. The van der Waals surface area contributed by atoms with Crippen molar-refractivity contribution >= 4 is 5.97 Å². The molecule has 4 nitrogen and oxygen atoms in total. The predicted molar refractivity (Wildman–Crippen MR) is 96.4 cm³/mol. The van der Waals surface area contributed by atoms with Crippen LogP contribution in [0.5, 0.6) is 0 Å². The Bertz CT molecular complexity index is 372. The quantitative estimate of drug-likeness (QED) is 0.147. The summed E-state index contributed by atoms with van der Waals surface area (Å²) in [5.41, 5.74) is 0. The minimum Gasteiger partial charge on any atom is -0.550 e. The molecule has 0 aliphatic rings. The first-order valence-electron chi connectivity index (χ1n) is 9.19. The van der Waals surface area contributed by atoms with Crippen molar-refractivity contribution in [3.63, 3.8) is 0 Å². The maximum Gasteiger partial charge on any atom is 0.115 e.